The lowest BCUT2D eigenvalue weighted by molar-refractivity contribution is 0.0940. The van der Waals surface area contributed by atoms with Crippen molar-refractivity contribution in [3.63, 3.8) is 0 Å². The molecular weight excluding hydrogens is 364 g/mol. The van der Waals surface area contributed by atoms with E-state index in [1.165, 1.54) is 31.5 Å². The van der Waals surface area contributed by atoms with Crippen LogP contribution in [0.1, 0.15) is 47.3 Å². The number of likely N-dealkylation sites (tertiary alicyclic amines) is 1. The summed E-state index contributed by atoms with van der Waals surface area (Å²) < 4.78 is 1.04. The minimum atomic E-state index is -0.0295. The summed E-state index contributed by atoms with van der Waals surface area (Å²) in [5.74, 6) is -0.0295. The van der Waals surface area contributed by atoms with Crippen molar-refractivity contribution in [1.29, 1.82) is 0 Å². The van der Waals surface area contributed by atoms with Crippen LogP contribution >= 0.6 is 15.9 Å². The number of hydrogen-bond acceptors (Lipinski definition) is 2. The molecule has 1 N–H and O–H groups in total. The normalized spacial score (nSPS) is 16.1. The number of nitrogens with zero attached hydrogens (tertiary/aromatic N) is 1. The van der Waals surface area contributed by atoms with Gasteiger partial charge in [0.05, 0.1) is 6.04 Å². The summed E-state index contributed by atoms with van der Waals surface area (Å²) >= 11 is 3.43. The summed E-state index contributed by atoms with van der Waals surface area (Å²) in [4.78, 5) is 14.9. The maximum absolute atomic E-state index is 12.4. The summed E-state index contributed by atoms with van der Waals surface area (Å²) in [6.07, 6.45) is 2.60. The molecule has 1 aliphatic rings. The van der Waals surface area contributed by atoms with Crippen molar-refractivity contribution in [1.82, 2.24) is 10.2 Å². The minimum Gasteiger partial charge on any atom is -0.346 e. The maximum atomic E-state index is 12.4. The Morgan fingerprint density at radius 2 is 1.71 bits per heavy atom. The van der Waals surface area contributed by atoms with Crippen LogP contribution in [0.25, 0.3) is 0 Å². The van der Waals surface area contributed by atoms with Crippen LogP contribution in [0.3, 0.4) is 0 Å². The van der Waals surface area contributed by atoms with E-state index in [1.807, 2.05) is 43.3 Å². The Hall–Kier alpha value is -1.65. The lowest BCUT2D eigenvalue weighted by Gasteiger charge is -2.16. The Balaban J connectivity index is 1.59. The van der Waals surface area contributed by atoms with Crippen LogP contribution in [0.4, 0.5) is 0 Å². The van der Waals surface area contributed by atoms with Crippen molar-refractivity contribution < 1.29 is 4.79 Å². The molecule has 0 unspecified atom stereocenters. The molecule has 1 heterocycles. The van der Waals surface area contributed by atoms with Gasteiger partial charge in [0.1, 0.15) is 0 Å². The van der Waals surface area contributed by atoms with E-state index in [4.69, 9.17) is 0 Å². The number of benzene rings is 2. The number of halogens is 1. The quantitative estimate of drug-likeness (QED) is 0.817. The van der Waals surface area contributed by atoms with Gasteiger partial charge in [0.25, 0.3) is 5.91 Å². The monoisotopic (exact) mass is 386 g/mol. The van der Waals surface area contributed by atoms with Crippen LogP contribution in [-0.4, -0.2) is 23.9 Å². The van der Waals surface area contributed by atoms with E-state index in [-0.39, 0.29) is 11.9 Å². The van der Waals surface area contributed by atoms with Crippen LogP contribution in [0.5, 0.6) is 0 Å². The second-order valence-electron chi connectivity index (χ2n) is 6.43. The third-order valence-electron chi connectivity index (χ3n) is 4.54. The number of hydrogen-bond donors (Lipinski definition) is 1. The Morgan fingerprint density at radius 3 is 2.33 bits per heavy atom. The molecule has 126 valence electrons. The molecule has 1 amide bonds. The molecule has 0 saturated carbocycles. The van der Waals surface area contributed by atoms with Crippen molar-refractivity contribution in [3.8, 4) is 0 Å². The number of nitrogens with one attached hydrogen (secondary N) is 1. The molecule has 1 fully saturated rings. The third-order valence-corrected chi connectivity index (χ3v) is 5.07. The highest BCUT2D eigenvalue weighted by Crippen LogP contribution is 2.18. The van der Waals surface area contributed by atoms with Gasteiger partial charge in [-0.15, -0.1) is 0 Å². The lowest BCUT2D eigenvalue weighted by Crippen LogP contribution is -2.26. The maximum Gasteiger partial charge on any atom is 0.251 e. The van der Waals surface area contributed by atoms with E-state index in [9.17, 15) is 4.79 Å². The smallest absolute Gasteiger partial charge is 0.251 e. The Bertz CT molecular complexity index is 676. The van der Waals surface area contributed by atoms with Crippen LogP contribution in [0.2, 0.25) is 0 Å². The predicted molar refractivity (Wildman–Crippen MR) is 101 cm³/mol. The van der Waals surface area contributed by atoms with Crippen molar-refractivity contribution in [3.05, 3.63) is 69.7 Å². The molecule has 2 aromatic rings. The number of carbonyl (C=O) groups is 1. The standard InChI is InChI=1S/C20H23BrN2O/c1-15(17-8-10-19(21)11-9-17)22-20(24)18-6-4-16(5-7-18)14-23-12-2-3-13-23/h4-11,15H,2-3,12-14H2,1H3,(H,22,24)/t15-/m0/s1. The van der Waals surface area contributed by atoms with Gasteiger partial charge in [0.2, 0.25) is 0 Å². The van der Waals surface area contributed by atoms with E-state index in [2.05, 4.69) is 38.3 Å². The number of rotatable bonds is 5. The zero-order chi connectivity index (χ0) is 16.9. The van der Waals surface area contributed by atoms with Gasteiger partial charge >= 0.3 is 0 Å². The highest BCUT2D eigenvalue weighted by Gasteiger charge is 2.13. The molecule has 0 spiro atoms. The fourth-order valence-electron chi connectivity index (χ4n) is 3.08. The van der Waals surface area contributed by atoms with Crippen LogP contribution in [-0.2, 0) is 6.54 Å². The van der Waals surface area contributed by atoms with Crippen molar-refractivity contribution >= 4 is 21.8 Å². The molecular formula is C20H23BrN2O. The largest absolute Gasteiger partial charge is 0.346 e. The molecule has 0 bridgehead atoms. The molecule has 0 radical (unpaired) electrons. The van der Waals surface area contributed by atoms with Gasteiger partial charge in [-0.2, -0.15) is 0 Å². The molecule has 0 aliphatic carbocycles. The second kappa shape index (κ2) is 7.95. The van der Waals surface area contributed by atoms with Crippen LogP contribution in [0, 0.1) is 0 Å². The molecule has 24 heavy (non-hydrogen) atoms. The van der Waals surface area contributed by atoms with Gasteiger partial charge in [-0.05, 0) is 68.2 Å². The minimum absolute atomic E-state index is 0.0186. The van der Waals surface area contributed by atoms with Gasteiger partial charge < -0.3 is 5.32 Å². The average Bonchev–Trinajstić information content (AvgIpc) is 3.09. The molecule has 1 saturated heterocycles. The molecule has 3 rings (SSSR count). The first-order valence-electron chi connectivity index (χ1n) is 8.49. The molecule has 4 heteroatoms. The lowest BCUT2D eigenvalue weighted by atomic mass is 10.1. The Labute approximate surface area is 152 Å². The predicted octanol–water partition coefficient (Wildman–Crippen LogP) is 4.54. The van der Waals surface area contributed by atoms with Crippen molar-refractivity contribution in [2.24, 2.45) is 0 Å². The number of carbonyl (C=O) groups excluding carboxylic acids is 1. The number of amides is 1. The van der Waals surface area contributed by atoms with E-state index < -0.39 is 0 Å². The molecule has 3 nitrogen and oxygen atoms in total. The van der Waals surface area contributed by atoms with E-state index >= 15 is 0 Å². The summed E-state index contributed by atoms with van der Waals surface area (Å²) in [5.41, 5.74) is 3.08. The van der Waals surface area contributed by atoms with Gasteiger partial charge in [-0.1, -0.05) is 40.2 Å². The zero-order valence-corrected chi connectivity index (χ0v) is 15.6. The van der Waals surface area contributed by atoms with E-state index in [0.717, 1.165) is 16.6 Å². The molecule has 1 atom stereocenters. The Kier molecular flexibility index (Phi) is 5.69. The summed E-state index contributed by atoms with van der Waals surface area (Å²) in [5, 5.41) is 3.06. The molecule has 1 aliphatic heterocycles. The zero-order valence-electron chi connectivity index (χ0n) is 14.0. The highest BCUT2D eigenvalue weighted by molar-refractivity contribution is 9.10. The Morgan fingerprint density at radius 1 is 1.08 bits per heavy atom. The first-order chi connectivity index (χ1) is 11.6. The molecule has 0 aromatic heterocycles. The van der Waals surface area contributed by atoms with Gasteiger partial charge in [-0.3, -0.25) is 9.69 Å². The molecule has 2 aromatic carbocycles. The fraction of sp³-hybridized carbons (Fsp3) is 0.350. The summed E-state index contributed by atoms with van der Waals surface area (Å²) in [6, 6.07) is 16.0. The van der Waals surface area contributed by atoms with E-state index in [0.29, 0.717) is 5.56 Å². The van der Waals surface area contributed by atoms with Crippen LogP contribution in [0.15, 0.2) is 53.0 Å². The van der Waals surface area contributed by atoms with Gasteiger partial charge in [-0.25, -0.2) is 0 Å². The van der Waals surface area contributed by atoms with Crippen molar-refractivity contribution in [2.45, 2.75) is 32.4 Å². The van der Waals surface area contributed by atoms with E-state index in [1.54, 1.807) is 0 Å². The SMILES string of the molecule is C[C@H](NC(=O)c1ccc(CN2CCCC2)cc1)c1ccc(Br)cc1. The van der Waals surface area contributed by atoms with Gasteiger partial charge in [0.15, 0.2) is 0 Å². The highest BCUT2D eigenvalue weighted by atomic mass is 79.9. The van der Waals surface area contributed by atoms with Crippen LogP contribution < -0.4 is 5.32 Å². The topological polar surface area (TPSA) is 32.3 Å². The average molecular weight is 387 g/mol. The first kappa shape index (κ1) is 17.2. The summed E-state index contributed by atoms with van der Waals surface area (Å²) in [7, 11) is 0. The first-order valence-corrected chi connectivity index (χ1v) is 9.29. The third kappa shape index (κ3) is 4.46. The van der Waals surface area contributed by atoms with Crippen molar-refractivity contribution in [2.75, 3.05) is 13.1 Å². The van der Waals surface area contributed by atoms with Gasteiger partial charge in [0, 0.05) is 16.6 Å². The fourth-order valence-corrected chi connectivity index (χ4v) is 3.34. The summed E-state index contributed by atoms with van der Waals surface area (Å²) in [6.45, 7) is 5.36. The second-order valence-corrected chi connectivity index (χ2v) is 7.34.